The molecule has 0 saturated carbocycles. The van der Waals surface area contributed by atoms with Gasteiger partial charge in [0.25, 0.3) is 0 Å². The third-order valence-corrected chi connectivity index (χ3v) is 5.60. The number of nitrogens with one attached hydrogen (secondary N) is 1. The molecule has 27 heavy (non-hydrogen) atoms. The fraction of sp³-hybridized carbons (Fsp3) is 0.667. The summed E-state index contributed by atoms with van der Waals surface area (Å²) in [5, 5.41) is 3.03. The van der Waals surface area contributed by atoms with E-state index < -0.39 is 0 Å². The molecule has 1 atom stereocenters. The van der Waals surface area contributed by atoms with Crippen molar-refractivity contribution in [3.8, 4) is 5.75 Å². The molecule has 0 bridgehead atoms. The zero-order valence-corrected chi connectivity index (χ0v) is 17.4. The molecular formula is C21H34N4O2. The minimum absolute atomic E-state index is 0.0646. The van der Waals surface area contributed by atoms with Crippen LogP contribution < -0.4 is 10.1 Å². The number of piperazine rings is 2. The lowest BCUT2D eigenvalue weighted by atomic mass is 9.92. The van der Waals surface area contributed by atoms with E-state index in [9.17, 15) is 4.79 Å². The Kier molecular flexibility index (Phi) is 5.96. The molecule has 6 nitrogen and oxygen atoms in total. The molecule has 2 amide bonds. The Labute approximate surface area is 163 Å². The molecule has 6 heteroatoms. The van der Waals surface area contributed by atoms with Crippen LogP contribution in [-0.2, 0) is 6.54 Å². The molecule has 2 saturated heterocycles. The zero-order valence-electron chi connectivity index (χ0n) is 17.4. The van der Waals surface area contributed by atoms with Crippen LogP contribution in [-0.4, -0.2) is 78.2 Å². The first-order valence-corrected chi connectivity index (χ1v) is 9.96. The predicted molar refractivity (Wildman–Crippen MR) is 108 cm³/mol. The predicted octanol–water partition coefficient (Wildman–Crippen LogP) is 2.39. The summed E-state index contributed by atoms with van der Waals surface area (Å²) in [6.45, 7) is 14.2. The molecule has 150 valence electrons. The summed E-state index contributed by atoms with van der Waals surface area (Å²) in [5.41, 5.74) is 1.40. The summed E-state index contributed by atoms with van der Waals surface area (Å²) in [5.74, 6) is 0.892. The van der Waals surface area contributed by atoms with Gasteiger partial charge >= 0.3 is 6.03 Å². The van der Waals surface area contributed by atoms with Gasteiger partial charge in [0.1, 0.15) is 5.75 Å². The minimum Gasteiger partial charge on any atom is -0.497 e. The maximum absolute atomic E-state index is 12.4. The molecule has 1 unspecified atom stereocenters. The summed E-state index contributed by atoms with van der Waals surface area (Å²) >= 11 is 0. The molecule has 1 N–H and O–H groups in total. The first-order chi connectivity index (χ1) is 12.8. The van der Waals surface area contributed by atoms with Crippen LogP contribution in [0.25, 0.3) is 0 Å². The molecule has 0 aromatic heterocycles. The van der Waals surface area contributed by atoms with Crippen molar-refractivity contribution in [3.05, 3.63) is 29.8 Å². The van der Waals surface area contributed by atoms with Crippen molar-refractivity contribution < 1.29 is 9.53 Å². The monoisotopic (exact) mass is 374 g/mol. The lowest BCUT2D eigenvalue weighted by Crippen LogP contribution is -2.70. The molecule has 2 aliphatic rings. The number of amides is 2. The third-order valence-electron chi connectivity index (χ3n) is 5.60. The topological polar surface area (TPSA) is 48.1 Å². The second-order valence-electron chi connectivity index (χ2n) is 8.73. The van der Waals surface area contributed by atoms with Gasteiger partial charge in [0, 0.05) is 56.9 Å². The number of ether oxygens (including phenoxy) is 1. The maximum atomic E-state index is 12.4. The van der Waals surface area contributed by atoms with Gasteiger partial charge in [-0.3, -0.25) is 9.80 Å². The number of urea groups is 1. The fourth-order valence-electron chi connectivity index (χ4n) is 4.44. The van der Waals surface area contributed by atoms with Gasteiger partial charge in [-0.2, -0.15) is 0 Å². The molecule has 2 aliphatic heterocycles. The van der Waals surface area contributed by atoms with Crippen LogP contribution >= 0.6 is 0 Å². The standard InChI is InChI=1S/C21H34N4O2/c1-16(2)22-20(26)24-10-11-25-18(14-24)13-23(15-21(25,3)4)12-17-6-8-19(27-5)9-7-17/h6-9,16,18H,10-15H2,1-5H3,(H,22,26). The van der Waals surface area contributed by atoms with Gasteiger partial charge in [-0.1, -0.05) is 12.1 Å². The van der Waals surface area contributed by atoms with Gasteiger partial charge in [-0.05, 0) is 45.4 Å². The summed E-state index contributed by atoms with van der Waals surface area (Å²) in [6, 6.07) is 8.94. The highest BCUT2D eigenvalue weighted by molar-refractivity contribution is 5.74. The van der Waals surface area contributed by atoms with Crippen molar-refractivity contribution in [1.29, 1.82) is 0 Å². The summed E-state index contributed by atoms with van der Waals surface area (Å²) in [6.07, 6.45) is 0. The highest BCUT2D eigenvalue weighted by atomic mass is 16.5. The Morgan fingerprint density at radius 3 is 2.56 bits per heavy atom. The maximum Gasteiger partial charge on any atom is 0.317 e. The van der Waals surface area contributed by atoms with E-state index in [2.05, 4.69) is 41.1 Å². The third kappa shape index (κ3) is 4.74. The van der Waals surface area contributed by atoms with Crippen LogP contribution in [0.5, 0.6) is 5.75 Å². The SMILES string of the molecule is COc1ccc(CN2CC3CN(C(=O)NC(C)C)CCN3C(C)(C)C2)cc1. The van der Waals surface area contributed by atoms with Crippen molar-refractivity contribution >= 4 is 6.03 Å². The van der Waals surface area contributed by atoms with Crippen molar-refractivity contribution in [2.24, 2.45) is 0 Å². The Hall–Kier alpha value is -1.79. The van der Waals surface area contributed by atoms with E-state index in [0.717, 1.165) is 45.0 Å². The van der Waals surface area contributed by atoms with Crippen LogP contribution in [0.1, 0.15) is 33.3 Å². The van der Waals surface area contributed by atoms with E-state index in [1.165, 1.54) is 5.56 Å². The van der Waals surface area contributed by atoms with E-state index in [1.807, 2.05) is 30.9 Å². The van der Waals surface area contributed by atoms with E-state index >= 15 is 0 Å². The highest BCUT2D eigenvalue weighted by Crippen LogP contribution is 2.29. The summed E-state index contributed by atoms with van der Waals surface area (Å²) in [4.78, 5) is 19.5. The summed E-state index contributed by atoms with van der Waals surface area (Å²) in [7, 11) is 1.70. The van der Waals surface area contributed by atoms with Crippen LogP contribution in [0.4, 0.5) is 4.79 Å². The zero-order chi connectivity index (χ0) is 19.6. The molecule has 1 aromatic carbocycles. The number of benzene rings is 1. The first kappa shape index (κ1) is 20.0. The van der Waals surface area contributed by atoms with E-state index in [0.29, 0.717) is 6.04 Å². The van der Waals surface area contributed by atoms with Gasteiger partial charge in [0.2, 0.25) is 0 Å². The normalized spacial score (nSPS) is 23.2. The van der Waals surface area contributed by atoms with Gasteiger partial charge in [0.05, 0.1) is 7.11 Å². The van der Waals surface area contributed by atoms with Crippen molar-refractivity contribution in [2.75, 3.05) is 39.8 Å². The van der Waals surface area contributed by atoms with Gasteiger partial charge in [-0.15, -0.1) is 0 Å². The van der Waals surface area contributed by atoms with E-state index in [1.54, 1.807) is 7.11 Å². The molecule has 2 heterocycles. The Morgan fingerprint density at radius 2 is 1.93 bits per heavy atom. The Balaban J connectivity index is 1.66. The smallest absolute Gasteiger partial charge is 0.317 e. The largest absolute Gasteiger partial charge is 0.497 e. The number of hydrogen-bond donors (Lipinski definition) is 1. The molecular weight excluding hydrogens is 340 g/mol. The number of rotatable bonds is 4. The Morgan fingerprint density at radius 1 is 1.22 bits per heavy atom. The lowest BCUT2D eigenvalue weighted by Gasteiger charge is -2.55. The molecule has 0 radical (unpaired) electrons. The van der Waals surface area contributed by atoms with E-state index in [-0.39, 0.29) is 17.6 Å². The van der Waals surface area contributed by atoms with Gasteiger partial charge in [-0.25, -0.2) is 4.79 Å². The highest BCUT2D eigenvalue weighted by Gasteiger charge is 2.43. The average Bonchev–Trinajstić information content (AvgIpc) is 2.60. The number of nitrogens with zero attached hydrogens (tertiary/aromatic N) is 3. The average molecular weight is 375 g/mol. The van der Waals surface area contributed by atoms with Crippen molar-refractivity contribution in [1.82, 2.24) is 20.0 Å². The van der Waals surface area contributed by atoms with E-state index in [4.69, 9.17) is 4.74 Å². The fourth-order valence-corrected chi connectivity index (χ4v) is 4.44. The number of fused-ring (bicyclic) bond motifs is 1. The molecule has 0 aliphatic carbocycles. The van der Waals surface area contributed by atoms with Gasteiger partial charge in [0.15, 0.2) is 0 Å². The second kappa shape index (κ2) is 8.07. The summed E-state index contributed by atoms with van der Waals surface area (Å²) < 4.78 is 5.26. The van der Waals surface area contributed by atoms with Crippen molar-refractivity contribution in [2.45, 2.75) is 51.9 Å². The van der Waals surface area contributed by atoms with Crippen LogP contribution in [0.2, 0.25) is 0 Å². The van der Waals surface area contributed by atoms with Gasteiger partial charge < -0.3 is 15.0 Å². The molecule has 3 rings (SSSR count). The quantitative estimate of drug-likeness (QED) is 0.879. The first-order valence-electron chi connectivity index (χ1n) is 9.96. The van der Waals surface area contributed by atoms with Crippen molar-refractivity contribution in [3.63, 3.8) is 0 Å². The molecule has 1 aromatic rings. The molecule has 2 fully saturated rings. The Bertz CT molecular complexity index is 644. The number of methoxy groups -OCH3 is 1. The van der Waals surface area contributed by atoms with Crippen LogP contribution in [0.15, 0.2) is 24.3 Å². The molecule has 0 spiro atoms. The van der Waals surface area contributed by atoms with Crippen LogP contribution in [0, 0.1) is 0 Å². The number of hydrogen-bond acceptors (Lipinski definition) is 4. The van der Waals surface area contributed by atoms with Crippen LogP contribution in [0.3, 0.4) is 0 Å². The lowest BCUT2D eigenvalue weighted by molar-refractivity contribution is -0.0591. The number of carbonyl (C=O) groups excluding carboxylic acids is 1. The number of carbonyl (C=O) groups is 1. The second-order valence-corrected chi connectivity index (χ2v) is 8.73. The minimum atomic E-state index is 0.0646.